The third kappa shape index (κ3) is 5.68. The lowest BCUT2D eigenvalue weighted by Crippen LogP contribution is -2.29. The van der Waals surface area contributed by atoms with E-state index in [4.69, 9.17) is 4.98 Å². The smallest absolute Gasteiger partial charge is 0.253 e. The minimum absolute atomic E-state index is 0.0394. The largest absolute Gasteiger partial charge is 0.370 e. The molecular weight excluding hydrogens is 514 g/mol. The maximum absolute atomic E-state index is 13.0. The highest BCUT2D eigenvalue weighted by Gasteiger charge is 2.14. The van der Waals surface area contributed by atoms with Crippen molar-refractivity contribution in [1.82, 2.24) is 19.5 Å². The minimum Gasteiger partial charge on any atom is -0.370 e. The van der Waals surface area contributed by atoms with Gasteiger partial charge in [0.2, 0.25) is 0 Å². The fourth-order valence-electron chi connectivity index (χ4n) is 4.28. The van der Waals surface area contributed by atoms with Gasteiger partial charge in [0.05, 0.1) is 16.4 Å². The summed E-state index contributed by atoms with van der Waals surface area (Å²) < 4.78 is 2.65. The number of nitrogens with one attached hydrogen (secondary N) is 1. The molecular formula is C29H32BrN5O. The maximum atomic E-state index is 13.0. The zero-order valence-corrected chi connectivity index (χ0v) is 22.7. The number of nitrogens with zero attached hydrogens (tertiary/aromatic N) is 4. The maximum Gasteiger partial charge on any atom is 0.253 e. The van der Waals surface area contributed by atoms with Gasteiger partial charge in [0.25, 0.3) is 5.91 Å². The van der Waals surface area contributed by atoms with E-state index >= 15 is 0 Å². The molecule has 2 heterocycles. The van der Waals surface area contributed by atoms with Crippen LogP contribution in [0.2, 0.25) is 0 Å². The van der Waals surface area contributed by atoms with Crippen molar-refractivity contribution in [2.45, 2.75) is 33.1 Å². The molecule has 0 aliphatic heterocycles. The van der Waals surface area contributed by atoms with Gasteiger partial charge in [0.15, 0.2) is 5.65 Å². The molecule has 7 heteroatoms. The van der Waals surface area contributed by atoms with Crippen molar-refractivity contribution in [2.75, 3.05) is 25.5 Å². The summed E-state index contributed by atoms with van der Waals surface area (Å²) in [6, 6.07) is 16.2. The van der Waals surface area contributed by atoms with Crippen LogP contribution in [0, 0.1) is 13.8 Å². The van der Waals surface area contributed by atoms with Gasteiger partial charge >= 0.3 is 0 Å². The van der Waals surface area contributed by atoms with E-state index < -0.39 is 0 Å². The Morgan fingerprint density at radius 3 is 2.72 bits per heavy atom. The number of fused-ring (bicyclic) bond motifs is 1. The molecule has 186 valence electrons. The molecule has 0 saturated heterocycles. The van der Waals surface area contributed by atoms with Crippen molar-refractivity contribution in [3.8, 4) is 11.3 Å². The second-order valence-electron chi connectivity index (χ2n) is 9.05. The predicted molar refractivity (Wildman–Crippen MR) is 151 cm³/mol. The average molecular weight is 547 g/mol. The van der Waals surface area contributed by atoms with Gasteiger partial charge in [-0.15, -0.1) is 6.58 Å². The third-order valence-electron chi connectivity index (χ3n) is 6.38. The summed E-state index contributed by atoms with van der Waals surface area (Å²) >= 11 is 3.56. The molecule has 4 aromatic rings. The molecule has 0 spiro atoms. The number of carbonyl (C=O) groups is 1. The lowest BCUT2D eigenvalue weighted by molar-refractivity contribution is 0.0794. The molecule has 0 radical (unpaired) electrons. The van der Waals surface area contributed by atoms with Crippen LogP contribution in [0.1, 0.15) is 39.9 Å². The van der Waals surface area contributed by atoms with Gasteiger partial charge in [0, 0.05) is 37.3 Å². The highest BCUT2D eigenvalue weighted by Crippen LogP contribution is 2.27. The van der Waals surface area contributed by atoms with Gasteiger partial charge in [-0.1, -0.05) is 36.4 Å². The zero-order valence-electron chi connectivity index (χ0n) is 21.1. The lowest BCUT2D eigenvalue weighted by atomic mass is 10.0. The minimum atomic E-state index is 0.0394. The standard InChI is InChI=1S/C29H32BrN5O/c1-5-6-11-22-13-14-23(17-21(22)3)29(36)34(4)16-9-15-31-27-18-26(24-12-8-7-10-20(24)2)33-28-25(30)19-32-35(27)28/h5,7-8,10,12-14,17-19,31H,1,6,9,11,15-16H2,2-4H3. The summed E-state index contributed by atoms with van der Waals surface area (Å²) in [5.41, 5.74) is 7.05. The first-order valence-electron chi connectivity index (χ1n) is 12.2. The van der Waals surface area contributed by atoms with Crippen molar-refractivity contribution in [1.29, 1.82) is 0 Å². The summed E-state index contributed by atoms with van der Waals surface area (Å²) in [6.45, 7) is 9.28. The summed E-state index contributed by atoms with van der Waals surface area (Å²) in [6.07, 6.45) is 6.36. The Morgan fingerprint density at radius 1 is 1.17 bits per heavy atom. The van der Waals surface area contributed by atoms with Gasteiger partial charge in [0.1, 0.15) is 5.82 Å². The molecule has 2 aromatic heterocycles. The molecule has 2 aromatic carbocycles. The first-order chi connectivity index (χ1) is 17.4. The van der Waals surface area contributed by atoms with E-state index in [1.807, 2.05) is 43.5 Å². The highest BCUT2D eigenvalue weighted by atomic mass is 79.9. The third-order valence-corrected chi connectivity index (χ3v) is 6.94. The molecule has 0 atom stereocenters. The van der Waals surface area contributed by atoms with E-state index in [0.717, 1.165) is 57.6 Å². The van der Waals surface area contributed by atoms with Crippen LogP contribution in [-0.4, -0.2) is 45.5 Å². The molecule has 0 aliphatic rings. The van der Waals surface area contributed by atoms with Crippen molar-refractivity contribution < 1.29 is 4.79 Å². The van der Waals surface area contributed by atoms with Gasteiger partial charge in [-0.3, -0.25) is 4.79 Å². The highest BCUT2D eigenvalue weighted by molar-refractivity contribution is 9.10. The van der Waals surface area contributed by atoms with E-state index in [-0.39, 0.29) is 5.91 Å². The molecule has 0 fully saturated rings. The Hall–Kier alpha value is -3.45. The van der Waals surface area contributed by atoms with Gasteiger partial charge in [-0.25, -0.2) is 4.98 Å². The lowest BCUT2D eigenvalue weighted by Gasteiger charge is -2.18. The fourth-order valence-corrected chi connectivity index (χ4v) is 4.63. The monoisotopic (exact) mass is 545 g/mol. The molecule has 1 amide bonds. The molecule has 1 N–H and O–H groups in total. The number of allylic oxidation sites excluding steroid dienone is 1. The SMILES string of the molecule is C=CCCc1ccc(C(=O)N(C)CCCNc2cc(-c3ccccc3C)nc3c(Br)cnn23)cc1C. The topological polar surface area (TPSA) is 62.5 Å². The van der Waals surface area contributed by atoms with E-state index in [9.17, 15) is 4.79 Å². The molecule has 0 bridgehead atoms. The molecule has 6 nitrogen and oxygen atoms in total. The number of aryl methyl sites for hydroxylation is 3. The summed E-state index contributed by atoms with van der Waals surface area (Å²) in [7, 11) is 1.86. The number of rotatable bonds is 10. The van der Waals surface area contributed by atoms with Crippen LogP contribution in [0.25, 0.3) is 16.9 Å². The van der Waals surface area contributed by atoms with E-state index in [1.54, 1.807) is 15.6 Å². The fraction of sp³-hybridized carbons (Fsp3) is 0.276. The number of aromatic nitrogens is 3. The van der Waals surface area contributed by atoms with Crippen molar-refractivity contribution in [3.05, 3.63) is 94.1 Å². The first kappa shape index (κ1) is 25.6. The summed E-state index contributed by atoms with van der Waals surface area (Å²) in [5.74, 6) is 0.904. The number of carbonyl (C=O) groups excluding carboxylic acids is 1. The molecule has 0 saturated carbocycles. The first-order valence-corrected chi connectivity index (χ1v) is 13.0. The summed E-state index contributed by atoms with van der Waals surface area (Å²) in [5, 5.41) is 7.96. The Kier molecular flexibility index (Phi) is 8.21. The van der Waals surface area contributed by atoms with E-state index in [2.05, 4.69) is 65.0 Å². The Labute approximate surface area is 221 Å². The number of halogens is 1. The molecule has 0 unspecified atom stereocenters. The van der Waals surface area contributed by atoms with Crippen LogP contribution in [0.4, 0.5) is 5.82 Å². The van der Waals surface area contributed by atoms with Gasteiger partial charge in [-0.05, 0) is 77.9 Å². The number of anilines is 1. The Balaban J connectivity index is 1.41. The van der Waals surface area contributed by atoms with Crippen LogP contribution < -0.4 is 5.32 Å². The normalized spacial score (nSPS) is 11.0. The van der Waals surface area contributed by atoms with E-state index in [1.165, 1.54) is 11.1 Å². The number of amides is 1. The van der Waals surface area contributed by atoms with E-state index in [0.29, 0.717) is 13.1 Å². The second-order valence-corrected chi connectivity index (χ2v) is 9.90. The van der Waals surface area contributed by atoms with Crippen molar-refractivity contribution >= 4 is 33.3 Å². The van der Waals surface area contributed by atoms with Crippen LogP contribution >= 0.6 is 15.9 Å². The van der Waals surface area contributed by atoms with Crippen LogP contribution in [-0.2, 0) is 6.42 Å². The van der Waals surface area contributed by atoms with Crippen LogP contribution in [0.15, 0.2) is 71.9 Å². The molecule has 0 aliphatic carbocycles. The van der Waals surface area contributed by atoms with Crippen LogP contribution in [0.5, 0.6) is 0 Å². The number of hydrogen-bond acceptors (Lipinski definition) is 4. The quantitative estimate of drug-likeness (QED) is 0.183. The Morgan fingerprint density at radius 2 is 1.97 bits per heavy atom. The van der Waals surface area contributed by atoms with Crippen molar-refractivity contribution in [3.63, 3.8) is 0 Å². The summed E-state index contributed by atoms with van der Waals surface area (Å²) in [4.78, 5) is 19.6. The van der Waals surface area contributed by atoms with Gasteiger partial charge in [-0.2, -0.15) is 9.61 Å². The average Bonchev–Trinajstić information content (AvgIpc) is 3.26. The van der Waals surface area contributed by atoms with Gasteiger partial charge < -0.3 is 10.2 Å². The zero-order chi connectivity index (χ0) is 25.7. The van der Waals surface area contributed by atoms with Crippen molar-refractivity contribution in [2.24, 2.45) is 0 Å². The molecule has 4 rings (SSSR count). The van der Waals surface area contributed by atoms with Crippen LogP contribution in [0.3, 0.4) is 0 Å². The number of hydrogen-bond donors (Lipinski definition) is 1. The second kappa shape index (κ2) is 11.5. The Bertz CT molecular complexity index is 1390. The molecule has 36 heavy (non-hydrogen) atoms. The predicted octanol–water partition coefficient (Wildman–Crippen LogP) is 6.47. The number of benzene rings is 2.